The molecule has 1 aliphatic heterocycles. The summed E-state index contributed by atoms with van der Waals surface area (Å²) < 4.78 is 10.8. The largest absolute Gasteiger partial charge is 0.494 e. The molecule has 0 aliphatic carbocycles. The molecule has 3 rings (SSSR count). The monoisotopic (exact) mass is 397 g/mol. The number of pyridine rings is 1. The van der Waals surface area contributed by atoms with Crippen molar-refractivity contribution in [1.82, 2.24) is 9.88 Å². The van der Waals surface area contributed by atoms with Gasteiger partial charge in [-0.1, -0.05) is 12.1 Å². The van der Waals surface area contributed by atoms with Crippen LogP contribution in [-0.2, 0) is 11.3 Å². The molecule has 6 heteroatoms. The molecule has 0 unspecified atom stereocenters. The highest BCUT2D eigenvalue weighted by atomic mass is 16.5. The molecule has 2 heterocycles. The van der Waals surface area contributed by atoms with Crippen molar-refractivity contribution in [1.29, 1.82) is 0 Å². The molecule has 1 N–H and O–H groups in total. The second kappa shape index (κ2) is 10.3. The van der Waals surface area contributed by atoms with Gasteiger partial charge < -0.3 is 14.8 Å². The lowest BCUT2D eigenvalue weighted by Gasteiger charge is -2.17. The minimum Gasteiger partial charge on any atom is -0.494 e. The fraction of sp³-hybridized carbons (Fsp3) is 0.478. The second-order valence-electron chi connectivity index (χ2n) is 7.70. The Kier molecular flexibility index (Phi) is 7.47. The van der Waals surface area contributed by atoms with Gasteiger partial charge in [0.25, 0.3) is 0 Å². The van der Waals surface area contributed by atoms with Crippen molar-refractivity contribution in [2.24, 2.45) is 5.92 Å². The van der Waals surface area contributed by atoms with Crippen LogP contribution in [0, 0.1) is 5.92 Å². The lowest BCUT2D eigenvalue weighted by Crippen LogP contribution is -2.23. The van der Waals surface area contributed by atoms with Gasteiger partial charge in [-0.3, -0.25) is 4.90 Å². The minimum absolute atomic E-state index is 0.151. The molecule has 1 aromatic heterocycles. The number of esters is 1. The van der Waals surface area contributed by atoms with Gasteiger partial charge in [0.2, 0.25) is 0 Å². The van der Waals surface area contributed by atoms with Crippen LogP contribution in [0.3, 0.4) is 0 Å². The molecular formula is C23H31N3O3. The third-order valence-electron chi connectivity index (χ3n) is 4.94. The first kappa shape index (κ1) is 21.1. The molecule has 1 fully saturated rings. The van der Waals surface area contributed by atoms with Crippen LogP contribution in [0.15, 0.2) is 42.6 Å². The highest BCUT2D eigenvalue weighted by Gasteiger charge is 2.23. The van der Waals surface area contributed by atoms with Gasteiger partial charge in [0.15, 0.2) is 0 Å². The van der Waals surface area contributed by atoms with E-state index in [0.29, 0.717) is 23.9 Å². The fourth-order valence-electron chi connectivity index (χ4n) is 3.57. The molecule has 0 radical (unpaired) electrons. The molecular weight excluding hydrogens is 366 g/mol. The average Bonchev–Trinajstić information content (AvgIpc) is 3.15. The second-order valence-corrected chi connectivity index (χ2v) is 7.70. The highest BCUT2D eigenvalue weighted by Crippen LogP contribution is 2.22. The van der Waals surface area contributed by atoms with E-state index < -0.39 is 0 Å². The van der Waals surface area contributed by atoms with Gasteiger partial charge in [-0.15, -0.1) is 0 Å². The molecule has 6 nitrogen and oxygen atoms in total. The summed E-state index contributed by atoms with van der Waals surface area (Å²) in [5.74, 6) is 1.71. The number of benzene rings is 1. The summed E-state index contributed by atoms with van der Waals surface area (Å²) in [5, 5.41) is 3.36. The van der Waals surface area contributed by atoms with E-state index in [1.54, 1.807) is 18.3 Å². The number of nitrogens with zero attached hydrogens (tertiary/aromatic N) is 2. The van der Waals surface area contributed by atoms with Crippen LogP contribution < -0.4 is 10.1 Å². The number of rotatable bonds is 9. The maximum absolute atomic E-state index is 12.3. The van der Waals surface area contributed by atoms with Gasteiger partial charge in [0.05, 0.1) is 12.7 Å². The number of nitrogens with one attached hydrogen (secondary N) is 1. The van der Waals surface area contributed by atoms with Gasteiger partial charge in [-0.25, -0.2) is 9.78 Å². The summed E-state index contributed by atoms with van der Waals surface area (Å²) in [6.07, 6.45) is 2.67. The fourth-order valence-corrected chi connectivity index (χ4v) is 3.57. The Morgan fingerprint density at radius 1 is 1.28 bits per heavy atom. The molecule has 1 aliphatic rings. The highest BCUT2D eigenvalue weighted by molar-refractivity contribution is 5.94. The molecule has 0 bridgehead atoms. The molecule has 0 saturated carbocycles. The van der Waals surface area contributed by atoms with E-state index in [0.717, 1.165) is 38.3 Å². The Morgan fingerprint density at radius 2 is 2.07 bits per heavy atom. The zero-order chi connectivity index (χ0) is 20.6. The van der Waals surface area contributed by atoms with Gasteiger partial charge in [0, 0.05) is 25.8 Å². The van der Waals surface area contributed by atoms with Crippen LogP contribution in [0.5, 0.6) is 5.75 Å². The van der Waals surface area contributed by atoms with Crippen molar-refractivity contribution in [2.75, 3.05) is 31.6 Å². The van der Waals surface area contributed by atoms with Crippen LogP contribution in [0.4, 0.5) is 5.82 Å². The van der Waals surface area contributed by atoms with E-state index >= 15 is 0 Å². The third kappa shape index (κ3) is 6.19. The number of likely N-dealkylation sites (tertiary alicyclic amines) is 1. The number of aromatic nitrogens is 1. The zero-order valence-corrected chi connectivity index (χ0v) is 17.6. The van der Waals surface area contributed by atoms with Gasteiger partial charge in [0.1, 0.15) is 17.1 Å². The van der Waals surface area contributed by atoms with Crippen molar-refractivity contribution in [2.45, 2.75) is 39.8 Å². The van der Waals surface area contributed by atoms with E-state index in [1.165, 1.54) is 5.56 Å². The van der Waals surface area contributed by atoms with Crippen LogP contribution >= 0.6 is 0 Å². The Morgan fingerprint density at radius 3 is 2.79 bits per heavy atom. The molecule has 2 aromatic rings. The molecule has 1 atom stereocenters. The summed E-state index contributed by atoms with van der Waals surface area (Å²) in [6, 6.07) is 11.9. The Labute approximate surface area is 173 Å². The number of ether oxygens (including phenoxy) is 2. The normalized spacial score (nSPS) is 16.8. The van der Waals surface area contributed by atoms with E-state index in [4.69, 9.17) is 9.47 Å². The third-order valence-corrected chi connectivity index (χ3v) is 4.94. The lowest BCUT2D eigenvalue weighted by atomic mass is 10.1. The predicted molar refractivity (Wildman–Crippen MR) is 114 cm³/mol. The predicted octanol–water partition coefficient (Wildman–Crippen LogP) is 3.98. The molecule has 1 saturated heterocycles. The number of anilines is 1. The van der Waals surface area contributed by atoms with Crippen molar-refractivity contribution in [3.05, 3.63) is 53.7 Å². The molecule has 156 valence electrons. The first-order valence-corrected chi connectivity index (χ1v) is 10.4. The number of hydrogen-bond acceptors (Lipinski definition) is 6. The zero-order valence-electron chi connectivity index (χ0n) is 17.6. The quantitative estimate of drug-likeness (QED) is 0.646. The van der Waals surface area contributed by atoms with Crippen LogP contribution in [0.1, 0.15) is 43.1 Å². The Hall–Kier alpha value is -2.60. The van der Waals surface area contributed by atoms with E-state index in [-0.39, 0.29) is 12.1 Å². The summed E-state index contributed by atoms with van der Waals surface area (Å²) in [5.41, 5.74) is 1.79. The van der Waals surface area contributed by atoms with Gasteiger partial charge in [-0.05, 0) is 69.5 Å². The smallest absolute Gasteiger partial charge is 0.342 e. The van der Waals surface area contributed by atoms with E-state index in [9.17, 15) is 4.79 Å². The average molecular weight is 398 g/mol. The lowest BCUT2D eigenvalue weighted by molar-refractivity contribution is 0.0378. The molecule has 1 aromatic carbocycles. The van der Waals surface area contributed by atoms with Crippen molar-refractivity contribution in [3.63, 3.8) is 0 Å². The van der Waals surface area contributed by atoms with E-state index in [2.05, 4.69) is 27.3 Å². The van der Waals surface area contributed by atoms with Gasteiger partial charge >= 0.3 is 5.97 Å². The summed E-state index contributed by atoms with van der Waals surface area (Å²) in [6.45, 7) is 10.2. The summed E-state index contributed by atoms with van der Waals surface area (Å²) >= 11 is 0. The standard InChI is InChI=1S/C23H31N3O3/c1-4-28-20-9-7-18(8-10-20)15-26-13-11-19(16-26)14-25-22-21(6-5-12-24-22)23(27)29-17(2)3/h5-10,12,17,19H,4,11,13-16H2,1-3H3,(H,24,25)/t19-/m1/s1. The maximum Gasteiger partial charge on any atom is 0.342 e. The molecule has 29 heavy (non-hydrogen) atoms. The maximum atomic E-state index is 12.3. The Balaban J connectivity index is 1.50. The molecule has 0 spiro atoms. The topological polar surface area (TPSA) is 63.7 Å². The first-order valence-electron chi connectivity index (χ1n) is 10.4. The van der Waals surface area contributed by atoms with Gasteiger partial charge in [-0.2, -0.15) is 0 Å². The molecule has 0 amide bonds. The minimum atomic E-state index is -0.334. The van der Waals surface area contributed by atoms with Crippen LogP contribution in [0.25, 0.3) is 0 Å². The van der Waals surface area contributed by atoms with Crippen LogP contribution in [-0.4, -0.2) is 48.2 Å². The Bertz CT molecular complexity index is 792. The van der Waals surface area contributed by atoms with Crippen molar-refractivity contribution < 1.29 is 14.3 Å². The SMILES string of the molecule is CCOc1ccc(CN2CC[C@H](CNc3ncccc3C(=O)OC(C)C)C2)cc1. The summed E-state index contributed by atoms with van der Waals surface area (Å²) in [4.78, 5) is 19.1. The first-order chi connectivity index (χ1) is 14.0. The van der Waals surface area contributed by atoms with Crippen molar-refractivity contribution in [3.8, 4) is 5.75 Å². The summed E-state index contributed by atoms with van der Waals surface area (Å²) in [7, 11) is 0. The van der Waals surface area contributed by atoms with E-state index in [1.807, 2.05) is 32.9 Å². The number of carbonyl (C=O) groups excluding carboxylic acids is 1. The number of carbonyl (C=O) groups is 1. The number of hydrogen-bond donors (Lipinski definition) is 1. The van der Waals surface area contributed by atoms with Crippen LogP contribution in [0.2, 0.25) is 0 Å². The van der Waals surface area contributed by atoms with Crippen molar-refractivity contribution >= 4 is 11.8 Å².